The molecule has 0 atom stereocenters. The van der Waals surface area contributed by atoms with Gasteiger partial charge in [0.25, 0.3) is 0 Å². The first-order chi connectivity index (χ1) is 14.0. The van der Waals surface area contributed by atoms with Crippen LogP contribution >= 0.6 is 0 Å². The second-order valence-corrected chi connectivity index (χ2v) is 18.9. The number of nitriles is 1. The molecule has 0 amide bonds. The summed E-state index contributed by atoms with van der Waals surface area (Å²) in [5.74, 6) is 0. The average Bonchev–Trinajstić information content (AvgIpc) is 2.78. The maximum atomic E-state index is 13.8. The van der Waals surface area contributed by atoms with Gasteiger partial charge >= 0.3 is 178 Å². The van der Waals surface area contributed by atoms with Crippen molar-refractivity contribution in [2.45, 2.75) is 48.4 Å². The Kier molecular flexibility index (Phi) is 8.61. The van der Waals surface area contributed by atoms with Gasteiger partial charge in [0, 0.05) is 0 Å². The number of hydrogen-bond acceptors (Lipinski definition) is 3. The Morgan fingerprint density at radius 3 is 1.72 bits per heavy atom. The number of rotatable bonds is 10. The molecule has 0 radical (unpaired) electrons. The summed E-state index contributed by atoms with van der Waals surface area (Å²) in [5, 5.41) is 9.04. The molecule has 0 aliphatic rings. The molecule has 2 aromatic rings. The number of carbonyl (C=O) groups excluding carboxylic acids is 2. The summed E-state index contributed by atoms with van der Waals surface area (Å²) in [6.07, 6.45) is 3.62. The zero-order valence-corrected chi connectivity index (χ0v) is 19.9. The Morgan fingerprint density at radius 1 is 0.897 bits per heavy atom. The van der Waals surface area contributed by atoms with Crippen molar-refractivity contribution >= 4 is 31.7 Å². The van der Waals surface area contributed by atoms with E-state index >= 15 is 0 Å². The molecule has 0 aliphatic heterocycles. The van der Waals surface area contributed by atoms with Gasteiger partial charge < -0.3 is 0 Å². The molecule has 5 heteroatoms. The fraction of sp³-hybridized carbons (Fsp3) is 0.333. The molecule has 0 saturated carbocycles. The van der Waals surface area contributed by atoms with Gasteiger partial charge in [-0.05, 0) is 0 Å². The van der Waals surface area contributed by atoms with E-state index in [-0.39, 0.29) is 7.60 Å². The first kappa shape index (κ1) is 22.8. The minimum atomic E-state index is -3.99. The van der Waals surface area contributed by atoms with E-state index in [0.29, 0.717) is 31.3 Å². The van der Waals surface area contributed by atoms with Crippen LogP contribution in [0.4, 0.5) is 5.69 Å². The second-order valence-electron chi connectivity index (χ2n) is 7.30. The molecule has 0 heterocycles. The standard InChI is InChI=1S/2C8H4NO.2C4H9.Sn/c1-9-8-4-2-7(6-10)3-5-8;9-5-7-1-3-8(6-10)4-2-7;2*1-3-4-2;/h2-5H;1-4H;2*1,3-4H2,2H3;. The third-order valence-corrected chi connectivity index (χ3v) is 18.8. The van der Waals surface area contributed by atoms with Crippen molar-refractivity contribution in [3.05, 3.63) is 76.6 Å². The van der Waals surface area contributed by atoms with E-state index in [1.54, 1.807) is 48.5 Å². The van der Waals surface area contributed by atoms with Crippen LogP contribution in [0, 0.1) is 17.9 Å². The van der Waals surface area contributed by atoms with Crippen LogP contribution in [0.15, 0.2) is 48.5 Å². The van der Waals surface area contributed by atoms with Gasteiger partial charge in [0.2, 0.25) is 0 Å². The van der Waals surface area contributed by atoms with Crippen molar-refractivity contribution in [2.24, 2.45) is 0 Å². The van der Waals surface area contributed by atoms with E-state index in [4.69, 9.17) is 11.8 Å². The van der Waals surface area contributed by atoms with Crippen molar-refractivity contribution in [1.82, 2.24) is 0 Å². The molecule has 0 aliphatic carbocycles. The third kappa shape index (κ3) is 5.34. The van der Waals surface area contributed by atoms with Crippen molar-refractivity contribution < 1.29 is 9.59 Å². The molecule has 0 N–H and O–H groups in total. The zero-order valence-electron chi connectivity index (χ0n) is 17.1. The first-order valence-electron chi connectivity index (χ1n) is 10.1. The Morgan fingerprint density at radius 2 is 1.34 bits per heavy atom. The molecule has 0 aromatic heterocycles. The topological polar surface area (TPSA) is 62.3 Å². The van der Waals surface area contributed by atoms with Crippen LogP contribution in [0.25, 0.3) is 4.85 Å². The van der Waals surface area contributed by atoms with Crippen molar-refractivity contribution in [3.8, 4) is 6.07 Å². The SMILES string of the molecule is [C-]#[N+]c1ccc([C](=O)[Sn]([CH2]CCC)([CH2]CCC)[C](=O)c2ccc(C#N)cc2)cc1. The number of nitrogens with zero attached hydrogens (tertiary/aromatic N) is 2. The Labute approximate surface area is 177 Å². The Hall–Kier alpha value is -2.44. The summed E-state index contributed by atoms with van der Waals surface area (Å²) in [6.45, 7) is 11.3. The van der Waals surface area contributed by atoms with Gasteiger partial charge in [-0.15, -0.1) is 0 Å². The quantitative estimate of drug-likeness (QED) is 0.288. The fourth-order valence-electron chi connectivity index (χ4n) is 3.58. The summed E-state index contributed by atoms with van der Waals surface area (Å²) >= 11 is -3.99. The van der Waals surface area contributed by atoms with Crippen LogP contribution in [-0.2, 0) is 0 Å². The molecular weight excluding hydrogens is 467 g/mol. The minimum absolute atomic E-state index is 0.0324. The van der Waals surface area contributed by atoms with Crippen molar-refractivity contribution in [2.75, 3.05) is 0 Å². The van der Waals surface area contributed by atoms with E-state index in [1.807, 2.05) is 0 Å². The summed E-state index contributed by atoms with van der Waals surface area (Å²) in [5.41, 5.74) is 2.11. The van der Waals surface area contributed by atoms with E-state index in [1.165, 1.54) is 0 Å². The summed E-state index contributed by atoms with van der Waals surface area (Å²) in [7, 11) is 0. The molecule has 0 unspecified atom stereocenters. The number of carbonyl (C=O) groups is 2. The monoisotopic (exact) mass is 494 g/mol. The number of benzene rings is 2. The van der Waals surface area contributed by atoms with Crippen LogP contribution in [-0.4, -0.2) is 26.0 Å². The van der Waals surface area contributed by atoms with Crippen LogP contribution in [0.3, 0.4) is 0 Å². The molecular formula is C24H26N2O2Sn. The van der Waals surface area contributed by atoms with E-state index in [2.05, 4.69) is 24.8 Å². The van der Waals surface area contributed by atoms with Crippen molar-refractivity contribution in [1.29, 1.82) is 5.26 Å². The van der Waals surface area contributed by atoms with Gasteiger partial charge in [-0.3, -0.25) is 0 Å². The molecule has 2 rings (SSSR count). The molecule has 0 saturated heterocycles. The zero-order chi connectivity index (χ0) is 21.3. The van der Waals surface area contributed by atoms with E-state index < -0.39 is 18.4 Å². The van der Waals surface area contributed by atoms with Gasteiger partial charge in [0.1, 0.15) is 0 Å². The van der Waals surface area contributed by atoms with Gasteiger partial charge in [-0.25, -0.2) is 0 Å². The van der Waals surface area contributed by atoms with Gasteiger partial charge in [0.05, 0.1) is 0 Å². The summed E-state index contributed by atoms with van der Waals surface area (Å²) in [6, 6.07) is 15.5. The van der Waals surface area contributed by atoms with Crippen LogP contribution in [0.1, 0.15) is 65.8 Å². The number of unbranched alkanes of at least 4 members (excludes halogenated alkanes) is 2. The molecule has 148 valence electrons. The molecule has 29 heavy (non-hydrogen) atoms. The second kappa shape index (κ2) is 10.9. The van der Waals surface area contributed by atoms with E-state index in [0.717, 1.165) is 25.7 Å². The average molecular weight is 493 g/mol. The fourth-order valence-corrected chi connectivity index (χ4v) is 17.0. The maximum absolute atomic E-state index is 13.8. The molecule has 4 nitrogen and oxygen atoms in total. The predicted octanol–water partition coefficient (Wildman–Crippen LogP) is 6.30. The molecule has 2 aromatic carbocycles. The molecule has 0 spiro atoms. The molecule has 0 bridgehead atoms. The Bertz CT molecular complexity index is 855. The van der Waals surface area contributed by atoms with E-state index in [9.17, 15) is 9.59 Å². The first-order valence-corrected chi connectivity index (χ1v) is 17.0. The van der Waals surface area contributed by atoms with Crippen LogP contribution in [0.2, 0.25) is 8.87 Å². The third-order valence-electron chi connectivity index (χ3n) is 5.32. The van der Waals surface area contributed by atoms with Crippen molar-refractivity contribution in [3.63, 3.8) is 0 Å². The van der Waals surface area contributed by atoms with Gasteiger partial charge in [-0.2, -0.15) is 0 Å². The van der Waals surface area contributed by atoms with Gasteiger partial charge in [-0.1, -0.05) is 0 Å². The van der Waals surface area contributed by atoms with Gasteiger partial charge in [0.15, 0.2) is 0 Å². The number of hydrogen-bond donors (Lipinski definition) is 0. The summed E-state index contributed by atoms with van der Waals surface area (Å²) < 4.78 is 1.47. The summed E-state index contributed by atoms with van der Waals surface area (Å²) in [4.78, 5) is 30.9. The van der Waals surface area contributed by atoms with Crippen LogP contribution < -0.4 is 0 Å². The normalized spacial score (nSPS) is 10.8. The van der Waals surface area contributed by atoms with Crippen LogP contribution in [0.5, 0.6) is 0 Å². The molecule has 0 fully saturated rings. The Balaban J connectivity index is 2.54. The predicted molar refractivity (Wildman–Crippen MR) is 118 cm³/mol.